The molecule has 138 valence electrons. The number of aromatic nitrogens is 2. The maximum atomic E-state index is 12.8. The van der Waals surface area contributed by atoms with Crippen LogP contribution in [-0.2, 0) is 20.7 Å². The molecule has 0 spiro atoms. The van der Waals surface area contributed by atoms with Gasteiger partial charge in [0.15, 0.2) is 0 Å². The summed E-state index contributed by atoms with van der Waals surface area (Å²) in [7, 11) is 1.32. The number of carbonyl (C=O) groups excluding carboxylic acids is 2. The third-order valence-corrected chi connectivity index (χ3v) is 4.48. The monoisotopic (exact) mass is 357 g/mol. The number of aryl methyl sites for hydroxylation is 1. The highest BCUT2D eigenvalue weighted by Crippen LogP contribution is 2.34. The number of esters is 1. The lowest BCUT2D eigenvalue weighted by atomic mass is 10.2. The number of benzene rings is 1. The van der Waals surface area contributed by atoms with E-state index in [0.29, 0.717) is 23.1 Å². The first-order valence-electron chi connectivity index (χ1n) is 8.86. The zero-order chi connectivity index (χ0) is 18.7. The first-order chi connectivity index (χ1) is 12.5. The molecule has 1 saturated carbocycles. The molecule has 1 aliphatic carbocycles. The molecule has 1 N–H and O–H groups in total. The number of para-hydroxylation sites is 1. The molecule has 0 aliphatic heterocycles. The van der Waals surface area contributed by atoms with E-state index in [-0.39, 0.29) is 42.4 Å². The molecule has 0 bridgehead atoms. The summed E-state index contributed by atoms with van der Waals surface area (Å²) >= 11 is 0. The van der Waals surface area contributed by atoms with Crippen molar-refractivity contribution in [3.8, 4) is 0 Å². The molecule has 1 aliphatic rings. The molecule has 26 heavy (non-hydrogen) atoms. The Kier molecular flexibility index (Phi) is 5.35. The third kappa shape index (κ3) is 4.09. The van der Waals surface area contributed by atoms with Gasteiger partial charge in [-0.05, 0) is 31.9 Å². The van der Waals surface area contributed by atoms with Crippen molar-refractivity contribution in [1.29, 1.82) is 0 Å². The van der Waals surface area contributed by atoms with Gasteiger partial charge in [0, 0.05) is 24.9 Å². The minimum absolute atomic E-state index is 0.0347. The van der Waals surface area contributed by atoms with Crippen molar-refractivity contribution in [1.82, 2.24) is 14.9 Å². The van der Waals surface area contributed by atoms with Gasteiger partial charge >= 0.3 is 5.97 Å². The van der Waals surface area contributed by atoms with Gasteiger partial charge in [0.1, 0.15) is 5.82 Å². The summed E-state index contributed by atoms with van der Waals surface area (Å²) in [6.07, 6.45) is 2.66. The number of fused-ring (bicyclic) bond motifs is 1. The van der Waals surface area contributed by atoms with Gasteiger partial charge in [-0.3, -0.25) is 19.0 Å². The number of ether oxygens (including phenoxy) is 1. The molecule has 1 amide bonds. The zero-order valence-corrected chi connectivity index (χ0v) is 15.0. The van der Waals surface area contributed by atoms with E-state index in [2.05, 4.69) is 15.0 Å². The lowest BCUT2D eigenvalue weighted by molar-refractivity contribution is -0.141. The maximum Gasteiger partial charge on any atom is 0.307 e. The third-order valence-electron chi connectivity index (χ3n) is 4.48. The minimum atomic E-state index is -0.364. The number of nitrogens with zero attached hydrogens (tertiary/aromatic N) is 2. The first-order valence-corrected chi connectivity index (χ1v) is 8.86. The van der Waals surface area contributed by atoms with E-state index in [1.165, 1.54) is 7.11 Å². The molecule has 2 aromatic rings. The van der Waals surface area contributed by atoms with Gasteiger partial charge in [0.05, 0.1) is 24.4 Å². The summed E-state index contributed by atoms with van der Waals surface area (Å²) in [4.78, 5) is 40.8. The van der Waals surface area contributed by atoms with Crippen molar-refractivity contribution < 1.29 is 14.3 Å². The molecule has 1 unspecified atom stereocenters. The predicted molar refractivity (Wildman–Crippen MR) is 96.8 cm³/mol. The Balaban J connectivity index is 1.72. The number of rotatable bonds is 7. The van der Waals surface area contributed by atoms with Crippen LogP contribution in [0.4, 0.5) is 0 Å². The van der Waals surface area contributed by atoms with E-state index < -0.39 is 0 Å². The molecule has 3 rings (SSSR count). The van der Waals surface area contributed by atoms with Crippen molar-refractivity contribution in [2.24, 2.45) is 0 Å². The molecule has 1 heterocycles. The molecule has 1 aromatic heterocycles. The van der Waals surface area contributed by atoms with Crippen LogP contribution < -0.4 is 10.9 Å². The summed E-state index contributed by atoms with van der Waals surface area (Å²) in [5, 5.41) is 3.39. The lowest BCUT2D eigenvalue weighted by Gasteiger charge is -2.14. The van der Waals surface area contributed by atoms with Crippen LogP contribution in [0.15, 0.2) is 29.1 Å². The molecule has 0 radical (unpaired) electrons. The van der Waals surface area contributed by atoms with Crippen molar-refractivity contribution in [3.05, 3.63) is 40.4 Å². The zero-order valence-electron chi connectivity index (χ0n) is 15.0. The molecular weight excluding hydrogens is 334 g/mol. The topological polar surface area (TPSA) is 90.3 Å². The number of hydrogen-bond acceptors (Lipinski definition) is 5. The highest BCUT2D eigenvalue weighted by atomic mass is 16.5. The van der Waals surface area contributed by atoms with E-state index in [4.69, 9.17) is 0 Å². The summed E-state index contributed by atoms with van der Waals surface area (Å²) in [5.74, 6) is 0.106. The highest BCUT2D eigenvalue weighted by Gasteiger charge is 2.28. The quantitative estimate of drug-likeness (QED) is 0.762. The smallest absolute Gasteiger partial charge is 0.307 e. The van der Waals surface area contributed by atoms with Gasteiger partial charge in [-0.25, -0.2) is 4.98 Å². The van der Waals surface area contributed by atoms with Gasteiger partial charge in [0.25, 0.3) is 5.56 Å². The van der Waals surface area contributed by atoms with Crippen molar-refractivity contribution in [3.63, 3.8) is 0 Å². The molecule has 1 atom stereocenters. The fraction of sp³-hybridized carbons (Fsp3) is 0.474. The second-order valence-corrected chi connectivity index (χ2v) is 6.70. The lowest BCUT2D eigenvalue weighted by Crippen LogP contribution is -2.35. The van der Waals surface area contributed by atoms with E-state index >= 15 is 0 Å². The SMILES string of the molecule is COC(=O)CC(C)NC(=O)CCc1nc2ccccc2c(=O)n1C1CC1. The Morgan fingerprint density at radius 2 is 2.08 bits per heavy atom. The van der Waals surface area contributed by atoms with Gasteiger partial charge in [-0.15, -0.1) is 0 Å². The molecule has 1 fully saturated rings. The summed E-state index contributed by atoms with van der Waals surface area (Å²) in [5.41, 5.74) is 0.622. The van der Waals surface area contributed by atoms with Crippen molar-refractivity contribution in [2.45, 2.75) is 51.1 Å². The second-order valence-electron chi connectivity index (χ2n) is 6.70. The van der Waals surface area contributed by atoms with Gasteiger partial charge in [0.2, 0.25) is 5.91 Å². The standard InChI is InChI=1S/C19H23N3O4/c1-12(11-18(24)26-2)20-17(23)10-9-16-21-15-6-4-3-5-14(15)19(25)22(16)13-7-8-13/h3-6,12-13H,7-11H2,1-2H3,(H,20,23). The number of hydrogen-bond donors (Lipinski definition) is 1. The number of nitrogens with one attached hydrogen (secondary N) is 1. The molecule has 7 nitrogen and oxygen atoms in total. The van der Waals surface area contributed by atoms with Crippen LogP contribution in [-0.4, -0.2) is 34.6 Å². The van der Waals surface area contributed by atoms with Crippen LogP contribution in [0.5, 0.6) is 0 Å². The number of methoxy groups -OCH3 is 1. The first kappa shape index (κ1) is 18.1. The molecule has 7 heteroatoms. The summed E-state index contributed by atoms with van der Waals surface area (Å²) in [6, 6.07) is 7.17. The van der Waals surface area contributed by atoms with Gasteiger partial charge < -0.3 is 10.1 Å². The van der Waals surface area contributed by atoms with Crippen LogP contribution in [0.2, 0.25) is 0 Å². The fourth-order valence-electron chi connectivity index (χ4n) is 3.03. The molecule has 1 aromatic carbocycles. The number of amides is 1. The Labute approximate surface area is 151 Å². The van der Waals surface area contributed by atoms with Crippen LogP contribution in [0.1, 0.15) is 44.5 Å². The van der Waals surface area contributed by atoms with E-state index in [0.717, 1.165) is 12.8 Å². The largest absolute Gasteiger partial charge is 0.469 e. The number of carbonyl (C=O) groups is 2. The minimum Gasteiger partial charge on any atom is -0.469 e. The van der Waals surface area contributed by atoms with E-state index in [9.17, 15) is 14.4 Å². The van der Waals surface area contributed by atoms with Crippen LogP contribution in [0.3, 0.4) is 0 Å². The Morgan fingerprint density at radius 1 is 1.35 bits per heavy atom. The Hall–Kier alpha value is -2.70. The molecular formula is C19H23N3O4. The predicted octanol–water partition coefficient (Wildman–Crippen LogP) is 1.73. The Morgan fingerprint density at radius 3 is 2.77 bits per heavy atom. The maximum absolute atomic E-state index is 12.8. The van der Waals surface area contributed by atoms with Crippen LogP contribution in [0, 0.1) is 0 Å². The van der Waals surface area contributed by atoms with E-state index in [1.54, 1.807) is 17.6 Å². The average molecular weight is 357 g/mol. The molecule has 0 saturated heterocycles. The summed E-state index contributed by atoms with van der Waals surface area (Å²) in [6.45, 7) is 1.75. The van der Waals surface area contributed by atoms with Crippen molar-refractivity contribution in [2.75, 3.05) is 7.11 Å². The summed E-state index contributed by atoms with van der Waals surface area (Å²) < 4.78 is 6.34. The average Bonchev–Trinajstić information content (AvgIpc) is 3.44. The highest BCUT2D eigenvalue weighted by molar-refractivity contribution is 5.79. The normalized spacial score (nSPS) is 14.8. The van der Waals surface area contributed by atoms with Gasteiger partial charge in [-0.1, -0.05) is 12.1 Å². The van der Waals surface area contributed by atoms with E-state index in [1.807, 2.05) is 18.2 Å². The van der Waals surface area contributed by atoms with Gasteiger partial charge in [-0.2, -0.15) is 0 Å². The van der Waals surface area contributed by atoms with Crippen LogP contribution in [0.25, 0.3) is 10.9 Å². The van der Waals surface area contributed by atoms with Crippen molar-refractivity contribution >= 4 is 22.8 Å². The van der Waals surface area contributed by atoms with Crippen LogP contribution >= 0.6 is 0 Å². The second kappa shape index (κ2) is 7.68. The Bertz CT molecular complexity index is 886. The fourth-order valence-corrected chi connectivity index (χ4v) is 3.03.